The third-order valence-electron chi connectivity index (χ3n) is 2.68. The van der Waals surface area contributed by atoms with Crippen molar-refractivity contribution in [2.45, 2.75) is 32.4 Å². The van der Waals surface area contributed by atoms with Crippen molar-refractivity contribution in [3.05, 3.63) is 0 Å². The Morgan fingerprint density at radius 2 is 2.24 bits per heavy atom. The van der Waals surface area contributed by atoms with Crippen LogP contribution in [0, 0.1) is 0 Å². The predicted octanol–water partition coefficient (Wildman–Crippen LogP) is 0.502. The van der Waals surface area contributed by atoms with E-state index in [2.05, 4.69) is 14.1 Å². The SMILES string of the molecule is [2H]C([2H])(NC(C)(C)C)[C@@]([2H])(O)COc1nsnc1N1CCOCC1. The molecule has 0 spiro atoms. The molecule has 1 saturated heterocycles. The largest absolute Gasteiger partial charge is 0.472 e. The van der Waals surface area contributed by atoms with Gasteiger partial charge in [0.25, 0.3) is 5.88 Å². The Morgan fingerprint density at radius 1 is 1.52 bits per heavy atom. The van der Waals surface area contributed by atoms with Crippen molar-refractivity contribution in [3.8, 4) is 5.88 Å². The topological polar surface area (TPSA) is 79.7 Å². The summed E-state index contributed by atoms with van der Waals surface area (Å²) in [5, 5.41) is 12.8. The zero-order chi connectivity index (χ0) is 18.0. The quantitative estimate of drug-likeness (QED) is 0.790. The van der Waals surface area contributed by atoms with E-state index >= 15 is 0 Å². The standard InChI is InChI=1S/C13H24N4O3S/c1-13(2,3)14-8-10(18)9-20-12-11(15-21-16-12)17-4-6-19-7-5-17/h10,14,18H,4-9H2,1-3H3/t10-/m1/s1/i8D2,10D. The van der Waals surface area contributed by atoms with E-state index in [1.54, 1.807) is 20.8 Å². The summed E-state index contributed by atoms with van der Waals surface area (Å²) in [7, 11) is 0. The van der Waals surface area contributed by atoms with Crippen LogP contribution in [0.25, 0.3) is 0 Å². The second-order valence-corrected chi connectivity index (χ2v) is 6.26. The molecule has 1 aliphatic heterocycles. The van der Waals surface area contributed by atoms with Crippen molar-refractivity contribution < 1.29 is 18.7 Å². The van der Waals surface area contributed by atoms with E-state index < -0.39 is 24.7 Å². The highest BCUT2D eigenvalue weighted by atomic mass is 32.1. The Balaban J connectivity index is 2.03. The highest BCUT2D eigenvalue weighted by Crippen LogP contribution is 2.26. The van der Waals surface area contributed by atoms with Crippen LogP contribution < -0.4 is 15.0 Å². The normalized spacial score (nSPS) is 22.1. The molecule has 8 heteroatoms. The summed E-state index contributed by atoms with van der Waals surface area (Å²) in [5.41, 5.74) is -0.611. The average Bonchev–Trinajstić information content (AvgIpc) is 2.92. The van der Waals surface area contributed by atoms with Crippen LogP contribution >= 0.6 is 11.7 Å². The number of β-amino-alcohol motifs (C(OH)–C–C–N with tert-alkyl or cyclic N) is 1. The molecular formula is C13H24N4O3S. The van der Waals surface area contributed by atoms with E-state index in [1.807, 2.05) is 4.90 Å². The lowest BCUT2D eigenvalue weighted by Gasteiger charge is -2.27. The van der Waals surface area contributed by atoms with Crippen LogP contribution in [0.3, 0.4) is 0 Å². The third kappa shape index (κ3) is 5.39. The Morgan fingerprint density at radius 3 is 2.90 bits per heavy atom. The molecule has 7 nitrogen and oxygen atoms in total. The van der Waals surface area contributed by atoms with Crippen molar-refractivity contribution in [1.82, 2.24) is 14.1 Å². The first-order valence-electron chi connectivity index (χ1n) is 8.32. The molecule has 2 rings (SSSR count). The monoisotopic (exact) mass is 319 g/mol. The van der Waals surface area contributed by atoms with Gasteiger partial charge >= 0.3 is 0 Å². The fourth-order valence-electron chi connectivity index (χ4n) is 1.67. The molecule has 1 aliphatic rings. The molecule has 0 aromatic carbocycles. The van der Waals surface area contributed by atoms with Crippen molar-refractivity contribution in [1.29, 1.82) is 0 Å². The molecule has 1 aromatic heterocycles. The number of rotatable bonds is 6. The molecule has 0 amide bonds. The summed E-state index contributed by atoms with van der Waals surface area (Å²) in [6, 6.07) is 0. The number of hydrogen-bond donors (Lipinski definition) is 2. The van der Waals surface area contributed by atoms with Gasteiger partial charge in [-0.15, -0.1) is 4.37 Å². The van der Waals surface area contributed by atoms with Gasteiger partial charge in [-0.25, -0.2) is 0 Å². The molecule has 0 saturated carbocycles. The van der Waals surface area contributed by atoms with Crippen LogP contribution in [0.2, 0.25) is 0 Å². The molecule has 0 aliphatic carbocycles. The lowest BCUT2D eigenvalue weighted by molar-refractivity contribution is 0.0975. The summed E-state index contributed by atoms with van der Waals surface area (Å²) in [5.74, 6) is 0.725. The van der Waals surface area contributed by atoms with Crippen molar-refractivity contribution >= 4 is 17.5 Å². The van der Waals surface area contributed by atoms with Gasteiger partial charge < -0.3 is 24.8 Å². The first kappa shape index (κ1) is 12.6. The minimum Gasteiger partial charge on any atom is -0.472 e. The van der Waals surface area contributed by atoms with Crippen LogP contribution in [0.4, 0.5) is 5.82 Å². The summed E-state index contributed by atoms with van der Waals surface area (Å²) in [4.78, 5) is 1.95. The minimum atomic E-state index is -2.49. The van der Waals surface area contributed by atoms with Gasteiger partial charge in [-0.3, -0.25) is 0 Å². The molecular weight excluding hydrogens is 292 g/mol. The molecule has 0 unspecified atom stereocenters. The number of nitrogens with zero attached hydrogens (tertiary/aromatic N) is 3. The second kappa shape index (κ2) is 7.35. The maximum Gasteiger partial charge on any atom is 0.270 e. The average molecular weight is 319 g/mol. The fraction of sp³-hybridized carbons (Fsp3) is 0.846. The molecule has 120 valence electrons. The molecule has 0 bridgehead atoms. The number of aliphatic hydroxyl groups is 1. The maximum atomic E-state index is 10.2. The van der Waals surface area contributed by atoms with Crippen molar-refractivity contribution in [3.63, 3.8) is 0 Å². The number of nitrogens with one attached hydrogen (secondary N) is 1. The number of anilines is 1. The predicted molar refractivity (Wildman–Crippen MR) is 82.2 cm³/mol. The third-order valence-corrected chi connectivity index (χ3v) is 3.18. The first-order chi connectivity index (χ1) is 11.0. The fourth-order valence-corrected chi connectivity index (χ4v) is 2.19. The second-order valence-electron chi connectivity index (χ2n) is 5.73. The van der Waals surface area contributed by atoms with Crippen molar-refractivity contribution in [2.75, 3.05) is 44.3 Å². The maximum absolute atomic E-state index is 10.2. The zero-order valence-electron chi connectivity index (χ0n) is 15.5. The van der Waals surface area contributed by atoms with Crippen LogP contribution in [0.15, 0.2) is 0 Å². The Bertz CT molecular complexity index is 545. The smallest absolute Gasteiger partial charge is 0.270 e. The number of hydrogen-bond acceptors (Lipinski definition) is 8. The van der Waals surface area contributed by atoms with Gasteiger partial charge in [0.05, 0.1) is 26.3 Å². The van der Waals surface area contributed by atoms with Crippen LogP contribution in [0.5, 0.6) is 5.88 Å². The molecule has 0 radical (unpaired) electrons. The van der Waals surface area contributed by atoms with E-state index in [-0.39, 0.29) is 5.88 Å². The Kier molecular flexibility index (Phi) is 4.40. The van der Waals surface area contributed by atoms with Crippen molar-refractivity contribution in [2.24, 2.45) is 0 Å². The lowest BCUT2D eigenvalue weighted by Crippen LogP contribution is -2.42. The zero-order valence-corrected chi connectivity index (χ0v) is 13.4. The minimum absolute atomic E-state index is 0.194. The van der Waals surface area contributed by atoms with E-state index in [4.69, 9.17) is 13.6 Å². The van der Waals surface area contributed by atoms with E-state index in [9.17, 15) is 5.11 Å². The van der Waals surface area contributed by atoms with E-state index in [0.717, 1.165) is 11.7 Å². The van der Waals surface area contributed by atoms with Gasteiger partial charge in [0.15, 0.2) is 0 Å². The van der Waals surface area contributed by atoms with Crippen LogP contribution in [-0.4, -0.2) is 64.9 Å². The van der Waals surface area contributed by atoms with E-state index in [0.29, 0.717) is 32.1 Å². The van der Waals surface area contributed by atoms with Gasteiger partial charge in [0.1, 0.15) is 12.7 Å². The molecule has 2 heterocycles. The first-order valence-corrected chi connectivity index (χ1v) is 7.55. The number of morpholine rings is 1. The van der Waals surface area contributed by atoms with Crippen LogP contribution in [0.1, 0.15) is 24.9 Å². The molecule has 1 atom stereocenters. The van der Waals surface area contributed by atoms with Gasteiger partial charge in [0, 0.05) is 27.9 Å². The lowest BCUT2D eigenvalue weighted by atomic mass is 10.1. The van der Waals surface area contributed by atoms with Gasteiger partial charge in [0.2, 0.25) is 5.82 Å². The summed E-state index contributed by atoms with van der Waals surface area (Å²) in [6.07, 6.45) is -2.49. The Labute approximate surface area is 133 Å². The van der Waals surface area contributed by atoms with Gasteiger partial charge in [-0.05, 0) is 20.8 Å². The summed E-state index contributed by atoms with van der Waals surface area (Å²) < 4.78 is 42.8. The van der Waals surface area contributed by atoms with Crippen LogP contribution in [-0.2, 0) is 4.74 Å². The molecule has 1 aromatic rings. The number of aromatic nitrogens is 2. The molecule has 21 heavy (non-hydrogen) atoms. The summed E-state index contributed by atoms with van der Waals surface area (Å²) >= 11 is 0.968. The highest BCUT2D eigenvalue weighted by molar-refractivity contribution is 6.99. The molecule has 1 fully saturated rings. The highest BCUT2D eigenvalue weighted by Gasteiger charge is 2.21. The Hall–Kier alpha value is -0.960. The van der Waals surface area contributed by atoms with Gasteiger partial charge in [-0.2, -0.15) is 4.37 Å². The number of ether oxygens (including phenoxy) is 2. The summed E-state index contributed by atoms with van der Waals surface area (Å²) in [6.45, 7) is 4.78. The molecule has 2 N–H and O–H groups in total. The van der Waals surface area contributed by atoms with Gasteiger partial charge in [-0.1, -0.05) is 0 Å². The van der Waals surface area contributed by atoms with E-state index in [1.165, 1.54) is 0 Å².